The Labute approximate surface area is 136 Å². The number of nitrogens with zero attached hydrogens (tertiary/aromatic N) is 1. The molecule has 21 heavy (non-hydrogen) atoms. The summed E-state index contributed by atoms with van der Waals surface area (Å²) in [5.41, 5.74) is 1.99. The van der Waals surface area contributed by atoms with Gasteiger partial charge in [0.15, 0.2) is 0 Å². The van der Waals surface area contributed by atoms with Crippen molar-refractivity contribution in [3.05, 3.63) is 60.2 Å². The molecule has 0 spiro atoms. The highest BCUT2D eigenvalue weighted by atomic mass is 79.9. The number of alkyl halides is 1. The highest BCUT2D eigenvalue weighted by molar-refractivity contribution is 9.08. The van der Waals surface area contributed by atoms with Crippen LogP contribution in [0.2, 0.25) is 0 Å². The first-order valence-electron chi connectivity index (χ1n) is 6.57. The topological polar surface area (TPSA) is 22.1 Å². The zero-order chi connectivity index (χ0) is 14.7. The van der Waals surface area contributed by atoms with Crippen LogP contribution in [0.25, 0.3) is 10.9 Å². The van der Waals surface area contributed by atoms with Gasteiger partial charge in [-0.2, -0.15) is 0 Å². The predicted octanol–water partition coefficient (Wildman–Crippen LogP) is 5.64. The molecule has 0 aliphatic carbocycles. The third-order valence-corrected chi connectivity index (χ3v) is 4.56. The Morgan fingerprint density at radius 2 is 1.86 bits per heavy atom. The molecule has 0 N–H and O–H groups in total. The molecule has 2 nitrogen and oxygen atoms in total. The summed E-state index contributed by atoms with van der Waals surface area (Å²) < 4.78 is 6.07. The summed E-state index contributed by atoms with van der Waals surface area (Å²) in [5.74, 6) is 1.50. The van der Waals surface area contributed by atoms with Crippen molar-refractivity contribution in [2.75, 3.05) is 6.26 Å². The average molecular weight is 360 g/mol. The number of rotatable bonds is 4. The second kappa shape index (κ2) is 6.50. The summed E-state index contributed by atoms with van der Waals surface area (Å²) in [6.45, 7) is 0. The number of thioether (sulfide) groups is 1. The number of halogens is 1. The first kappa shape index (κ1) is 14.4. The van der Waals surface area contributed by atoms with E-state index < -0.39 is 0 Å². The van der Waals surface area contributed by atoms with E-state index in [0.29, 0.717) is 11.2 Å². The molecule has 3 rings (SSSR count). The standard InChI is InChI=1S/C17H14BrNOS/c1-21-16-9-5-4-8-15(16)20-17-13(11-18)10-12-6-2-3-7-14(12)19-17/h2-10H,11H2,1H3. The van der Waals surface area contributed by atoms with Crippen molar-refractivity contribution in [1.82, 2.24) is 4.98 Å². The second-order valence-electron chi connectivity index (χ2n) is 4.53. The molecular weight excluding hydrogens is 346 g/mol. The highest BCUT2D eigenvalue weighted by Gasteiger charge is 2.10. The van der Waals surface area contributed by atoms with Crippen LogP contribution < -0.4 is 4.74 Å². The number of fused-ring (bicyclic) bond motifs is 1. The number of pyridine rings is 1. The lowest BCUT2D eigenvalue weighted by Crippen LogP contribution is -1.95. The number of hydrogen-bond donors (Lipinski definition) is 0. The van der Waals surface area contributed by atoms with Crippen molar-refractivity contribution in [2.24, 2.45) is 0 Å². The highest BCUT2D eigenvalue weighted by Crippen LogP contribution is 2.33. The molecule has 0 atom stereocenters. The number of para-hydroxylation sites is 2. The fourth-order valence-electron chi connectivity index (χ4n) is 2.13. The number of aromatic nitrogens is 1. The quantitative estimate of drug-likeness (QED) is 0.444. The lowest BCUT2D eigenvalue weighted by molar-refractivity contribution is 0.450. The van der Waals surface area contributed by atoms with Crippen LogP contribution in [-0.2, 0) is 5.33 Å². The Balaban J connectivity index is 2.06. The Kier molecular flexibility index (Phi) is 4.46. The van der Waals surface area contributed by atoms with E-state index in [2.05, 4.69) is 39.1 Å². The van der Waals surface area contributed by atoms with Crippen LogP contribution in [0.4, 0.5) is 0 Å². The Morgan fingerprint density at radius 1 is 1.10 bits per heavy atom. The maximum absolute atomic E-state index is 6.07. The zero-order valence-electron chi connectivity index (χ0n) is 11.5. The third kappa shape index (κ3) is 3.06. The van der Waals surface area contributed by atoms with Crippen LogP contribution in [0.5, 0.6) is 11.6 Å². The first-order valence-corrected chi connectivity index (χ1v) is 8.92. The Morgan fingerprint density at radius 3 is 2.67 bits per heavy atom. The summed E-state index contributed by atoms with van der Waals surface area (Å²) in [6, 6.07) is 18.2. The van der Waals surface area contributed by atoms with Crippen molar-refractivity contribution in [3.63, 3.8) is 0 Å². The minimum absolute atomic E-state index is 0.659. The molecule has 2 aromatic carbocycles. The van der Waals surface area contributed by atoms with Crippen LogP contribution in [0.3, 0.4) is 0 Å². The summed E-state index contributed by atoms with van der Waals surface area (Å²) >= 11 is 5.19. The van der Waals surface area contributed by atoms with Gasteiger partial charge in [-0.1, -0.05) is 46.3 Å². The van der Waals surface area contributed by atoms with E-state index in [1.165, 1.54) is 0 Å². The van der Waals surface area contributed by atoms with Gasteiger partial charge in [0.25, 0.3) is 0 Å². The first-order chi connectivity index (χ1) is 10.3. The lowest BCUT2D eigenvalue weighted by Gasteiger charge is -2.12. The second-order valence-corrected chi connectivity index (χ2v) is 5.94. The molecule has 0 aliphatic heterocycles. The molecule has 0 fully saturated rings. The molecule has 106 valence electrons. The van der Waals surface area contributed by atoms with Gasteiger partial charge >= 0.3 is 0 Å². The summed E-state index contributed by atoms with van der Waals surface area (Å²) in [7, 11) is 0. The molecule has 0 saturated carbocycles. The average Bonchev–Trinajstić information content (AvgIpc) is 2.54. The van der Waals surface area contributed by atoms with Gasteiger partial charge in [-0.05, 0) is 30.5 Å². The van der Waals surface area contributed by atoms with Gasteiger partial charge in [0, 0.05) is 21.2 Å². The molecular formula is C17H14BrNOS. The fourth-order valence-corrected chi connectivity index (χ4v) is 3.06. The monoisotopic (exact) mass is 359 g/mol. The molecule has 0 saturated heterocycles. The molecule has 0 unspecified atom stereocenters. The van der Waals surface area contributed by atoms with E-state index in [1.807, 2.05) is 42.7 Å². The van der Waals surface area contributed by atoms with Crippen molar-refractivity contribution in [2.45, 2.75) is 10.2 Å². The van der Waals surface area contributed by atoms with Crippen LogP contribution in [0.15, 0.2) is 59.5 Å². The Bertz CT molecular complexity index is 776. The lowest BCUT2D eigenvalue weighted by atomic mass is 10.2. The minimum atomic E-state index is 0.659. The van der Waals surface area contributed by atoms with Gasteiger partial charge in [-0.25, -0.2) is 4.98 Å². The molecule has 1 heterocycles. The molecule has 0 bridgehead atoms. The van der Waals surface area contributed by atoms with E-state index in [0.717, 1.165) is 27.1 Å². The maximum Gasteiger partial charge on any atom is 0.223 e. The molecule has 0 amide bonds. The largest absolute Gasteiger partial charge is 0.438 e. The van der Waals surface area contributed by atoms with Gasteiger partial charge in [-0.3, -0.25) is 0 Å². The van der Waals surface area contributed by atoms with Gasteiger partial charge in [0.05, 0.1) is 5.52 Å². The van der Waals surface area contributed by atoms with E-state index in [4.69, 9.17) is 4.74 Å². The van der Waals surface area contributed by atoms with Gasteiger partial charge in [-0.15, -0.1) is 11.8 Å². The van der Waals surface area contributed by atoms with E-state index in [1.54, 1.807) is 11.8 Å². The number of hydrogen-bond acceptors (Lipinski definition) is 3. The normalized spacial score (nSPS) is 10.8. The number of ether oxygens (including phenoxy) is 1. The summed E-state index contributed by atoms with van der Waals surface area (Å²) in [5, 5.41) is 1.83. The van der Waals surface area contributed by atoms with Gasteiger partial charge < -0.3 is 4.74 Å². The smallest absolute Gasteiger partial charge is 0.223 e. The summed E-state index contributed by atoms with van der Waals surface area (Å²) in [4.78, 5) is 5.76. The van der Waals surface area contributed by atoms with Crippen LogP contribution in [-0.4, -0.2) is 11.2 Å². The molecule has 3 aromatic rings. The number of benzene rings is 2. The molecule has 0 aliphatic rings. The van der Waals surface area contributed by atoms with Crippen molar-refractivity contribution >= 4 is 38.6 Å². The van der Waals surface area contributed by atoms with E-state index in [-0.39, 0.29) is 0 Å². The molecule has 0 radical (unpaired) electrons. The summed E-state index contributed by atoms with van der Waals surface area (Å²) in [6.07, 6.45) is 2.04. The Hall–Kier alpha value is -1.52. The van der Waals surface area contributed by atoms with Crippen LogP contribution >= 0.6 is 27.7 Å². The SMILES string of the molecule is CSc1ccccc1Oc1nc2ccccc2cc1CBr. The maximum atomic E-state index is 6.07. The van der Waals surface area contributed by atoms with Crippen molar-refractivity contribution in [1.29, 1.82) is 0 Å². The van der Waals surface area contributed by atoms with Crippen LogP contribution in [0.1, 0.15) is 5.56 Å². The van der Waals surface area contributed by atoms with Gasteiger partial charge in [0.2, 0.25) is 5.88 Å². The van der Waals surface area contributed by atoms with Crippen molar-refractivity contribution < 1.29 is 4.74 Å². The van der Waals surface area contributed by atoms with Crippen LogP contribution in [0, 0.1) is 0 Å². The minimum Gasteiger partial charge on any atom is -0.438 e. The van der Waals surface area contributed by atoms with E-state index >= 15 is 0 Å². The fraction of sp³-hybridized carbons (Fsp3) is 0.118. The van der Waals surface area contributed by atoms with Gasteiger partial charge in [0.1, 0.15) is 5.75 Å². The van der Waals surface area contributed by atoms with E-state index in [9.17, 15) is 0 Å². The molecule has 4 heteroatoms. The molecule has 1 aromatic heterocycles. The zero-order valence-corrected chi connectivity index (χ0v) is 13.9. The van der Waals surface area contributed by atoms with Crippen molar-refractivity contribution in [3.8, 4) is 11.6 Å². The third-order valence-electron chi connectivity index (χ3n) is 3.18. The predicted molar refractivity (Wildman–Crippen MR) is 92.7 cm³/mol.